The highest BCUT2D eigenvalue weighted by Gasteiger charge is 2.15. The van der Waals surface area contributed by atoms with Crippen molar-refractivity contribution < 1.29 is 19.1 Å². The first-order chi connectivity index (χ1) is 11.3. The second-order valence-electron chi connectivity index (χ2n) is 5.19. The van der Waals surface area contributed by atoms with Crippen molar-refractivity contribution in [1.29, 1.82) is 0 Å². The highest BCUT2D eigenvalue weighted by molar-refractivity contribution is 6.42. The van der Waals surface area contributed by atoms with Crippen molar-refractivity contribution in [1.82, 2.24) is 4.90 Å². The standard InChI is InChI=1S/C16H20Cl2N2O4/c1-3-4-5-16(23)24-10-15(22)20(2)9-14(21)19-11-6-7-12(17)13(18)8-11/h6-8H,3-5,9-10H2,1-2H3,(H,19,21). The number of rotatable bonds is 8. The molecule has 0 spiro atoms. The number of nitrogens with zero attached hydrogens (tertiary/aromatic N) is 1. The van der Waals surface area contributed by atoms with Crippen molar-refractivity contribution in [3.8, 4) is 0 Å². The largest absolute Gasteiger partial charge is 0.456 e. The Balaban J connectivity index is 2.41. The fourth-order valence-electron chi connectivity index (χ4n) is 1.72. The predicted molar refractivity (Wildman–Crippen MR) is 93.2 cm³/mol. The summed E-state index contributed by atoms with van der Waals surface area (Å²) in [5.74, 6) is -1.27. The average molecular weight is 375 g/mol. The van der Waals surface area contributed by atoms with Crippen LogP contribution >= 0.6 is 23.2 Å². The van der Waals surface area contributed by atoms with E-state index in [-0.39, 0.29) is 19.6 Å². The van der Waals surface area contributed by atoms with Gasteiger partial charge in [-0.25, -0.2) is 0 Å². The van der Waals surface area contributed by atoms with Gasteiger partial charge in [0.2, 0.25) is 5.91 Å². The van der Waals surface area contributed by atoms with Crippen molar-refractivity contribution in [3.63, 3.8) is 0 Å². The van der Waals surface area contributed by atoms with Crippen LogP contribution in [-0.4, -0.2) is 42.9 Å². The molecule has 8 heteroatoms. The van der Waals surface area contributed by atoms with Gasteiger partial charge in [0.1, 0.15) is 0 Å². The van der Waals surface area contributed by atoms with E-state index in [1.54, 1.807) is 12.1 Å². The molecule has 0 aliphatic rings. The van der Waals surface area contributed by atoms with Gasteiger partial charge < -0.3 is 15.0 Å². The number of amides is 2. The van der Waals surface area contributed by atoms with E-state index in [0.29, 0.717) is 15.7 Å². The molecule has 0 saturated heterocycles. The Morgan fingerprint density at radius 1 is 1.21 bits per heavy atom. The summed E-state index contributed by atoms with van der Waals surface area (Å²) in [6.45, 7) is 1.41. The van der Waals surface area contributed by atoms with Gasteiger partial charge in [0.15, 0.2) is 6.61 Å². The van der Waals surface area contributed by atoms with E-state index in [1.807, 2.05) is 6.92 Å². The minimum atomic E-state index is -0.455. The van der Waals surface area contributed by atoms with Gasteiger partial charge in [-0.3, -0.25) is 14.4 Å². The van der Waals surface area contributed by atoms with Crippen molar-refractivity contribution in [2.75, 3.05) is 25.5 Å². The molecule has 0 bridgehead atoms. The Morgan fingerprint density at radius 2 is 1.92 bits per heavy atom. The maximum atomic E-state index is 11.9. The van der Waals surface area contributed by atoms with Gasteiger partial charge in [-0.2, -0.15) is 0 Å². The molecule has 24 heavy (non-hydrogen) atoms. The summed E-state index contributed by atoms with van der Waals surface area (Å²) < 4.78 is 4.86. The molecule has 1 rings (SSSR count). The van der Waals surface area contributed by atoms with Crippen molar-refractivity contribution in [2.45, 2.75) is 26.2 Å². The molecule has 1 aromatic rings. The minimum absolute atomic E-state index is 0.175. The van der Waals surface area contributed by atoms with Crippen LogP contribution in [0.25, 0.3) is 0 Å². The summed E-state index contributed by atoms with van der Waals surface area (Å²) in [6, 6.07) is 4.67. The lowest BCUT2D eigenvalue weighted by atomic mass is 10.2. The first-order valence-corrected chi connectivity index (χ1v) is 8.23. The number of ether oxygens (including phenoxy) is 1. The number of hydrogen-bond acceptors (Lipinski definition) is 4. The van der Waals surface area contributed by atoms with Crippen molar-refractivity contribution >= 4 is 46.7 Å². The van der Waals surface area contributed by atoms with Gasteiger partial charge in [-0.15, -0.1) is 0 Å². The van der Waals surface area contributed by atoms with E-state index in [1.165, 1.54) is 18.0 Å². The molecular weight excluding hydrogens is 355 g/mol. The highest BCUT2D eigenvalue weighted by Crippen LogP contribution is 2.24. The van der Waals surface area contributed by atoms with Crippen LogP contribution in [0.3, 0.4) is 0 Å². The number of esters is 1. The SMILES string of the molecule is CCCCC(=O)OCC(=O)N(C)CC(=O)Nc1ccc(Cl)c(Cl)c1. The van der Waals surface area contributed by atoms with Gasteiger partial charge in [-0.1, -0.05) is 36.5 Å². The van der Waals surface area contributed by atoms with E-state index in [4.69, 9.17) is 27.9 Å². The topological polar surface area (TPSA) is 75.7 Å². The Morgan fingerprint density at radius 3 is 2.54 bits per heavy atom. The molecule has 132 valence electrons. The Labute approximate surface area is 151 Å². The monoisotopic (exact) mass is 374 g/mol. The lowest BCUT2D eigenvalue weighted by Crippen LogP contribution is -2.37. The van der Waals surface area contributed by atoms with E-state index in [9.17, 15) is 14.4 Å². The maximum absolute atomic E-state index is 11.9. The van der Waals surface area contributed by atoms with Gasteiger partial charge in [0, 0.05) is 19.2 Å². The van der Waals surface area contributed by atoms with Crippen molar-refractivity contribution in [3.05, 3.63) is 28.2 Å². The number of anilines is 1. The quantitative estimate of drug-likeness (QED) is 0.709. The van der Waals surface area contributed by atoms with Crippen LogP contribution in [0.1, 0.15) is 26.2 Å². The zero-order valence-electron chi connectivity index (χ0n) is 13.6. The Hall–Kier alpha value is -1.79. The molecular formula is C16H20Cl2N2O4. The first-order valence-electron chi connectivity index (χ1n) is 7.48. The summed E-state index contributed by atoms with van der Waals surface area (Å²) in [4.78, 5) is 36.3. The van der Waals surface area contributed by atoms with E-state index in [2.05, 4.69) is 5.32 Å². The number of carbonyl (C=O) groups is 3. The highest BCUT2D eigenvalue weighted by atomic mass is 35.5. The molecule has 0 radical (unpaired) electrons. The molecule has 0 saturated carbocycles. The van der Waals surface area contributed by atoms with Gasteiger partial charge in [0.05, 0.1) is 16.6 Å². The number of unbranched alkanes of at least 4 members (excludes halogenated alkanes) is 1. The third kappa shape index (κ3) is 7.19. The number of halogens is 2. The lowest BCUT2D eigenvalue weighted by molar-refractivity contribution is -0.151. The molecule has 0 heterocycles. The summed E-state index contributed by atoms with van der Waals surface area (Å²) in [5, 5.41) is 3.30. The molecule has 2 amide bonds. The summed E-state index contributed by atoms with van der Waals surface area (Å²) in [5.41, 5.74) is 0.473. The van der Waals surface area contributed by atoms with E-state index >= 15 is 0 Å². The Kier molecular flexibility index (Phi) is 8.57. The van der Waals surface area contributed by atoms with Gasteiger partial charge >= 0.3 is 5.97 Å². The van der Waals surface area contributed by atoms with E-state index in [0.717, 1.165) is 12.8 Å². The Bertz CT molecular complexity index is 608. The predicted octanol–water partition coefficient (Wildman–Crippen LogP) is 3.12. The molecule has 0 unspecified atom stereocenters. The van der Waals surface area contributed by atoms with Crippen LogP contribution in [0.5, 0.6) is 0 Å². The van der Waals surface area contributed by atoms with Crippen LogP contribution in [0.15, 0.2) is 18.2 Å². The zero-order chi connectivity index (χ0) is 18.1. The summed E-state index contributed by atoms with van der Waals surface area (Å²) in [6.07, 6.45) is 1.87. The maximum Gasteiger partial charge on any atom is 0.306 e. The third-order valence-electron chi connectivity index (χ3n) is 3.10. The van der Waals surface area contributed by atoms with Crippen LogP contribution in [0, 0.1) is 0 Å². The molecule has 1 N–H and O–H groups in total. The van der Waals surface area contributed by atoms with Gasteiger partial charge in [-0.05, 0) is 24.6 Å². The molecule has 0 fully saturated rings. The number of carbonyl (C=O) groups excluding carboxylic acids is 3. The third-order valence-corrected chi connectivity index (χ3v) is 3.84. The van der Waals surface area contributed by atoms with Crippen LogP contribution in [0.2, 0.25) is 10.0 Å². The fraction of sp³-hybridized carbons (Fsp3) is 0.438. The smallest absolute Gasteiger partial charge is 0.306 e. The summed E-state index contributed by atoms with van der Waals surface area (Å²) in [7, 11) is 1.45. The first kappa shape index (κ1) is 20.3. The fourth-order valence-corrected chi connectivity index (χ4v) is 2.02. The minimum Gasteiger partial charge on any atom is -0.456 e. The van der Waals surface area contributed by atoms with Crippen LogP contribution < -0.4 is 5.32 Å². The molecule has 6 nitrogen and oxygen atoms in total. The second kappa shape index (κ2) is 10.2. The average Bonchev–Trinajstić information content (AvgIpc) is 2.53. The normalized spacial score (nSPS) is 10.2. The number of hydrogen-bond donors (Lipinski definition) is 1. The second-order valence-corrected chi connectivity index (χ2v) is 6.01. The van der Waals surface area contributed by atoms with Crippen LogP contribution in [0.4, 0.5) is 5.69 Å². The van der Waals surface area contributed by atoms with Gasteiger partial charge in [0.25, 0.3) is 5.91 Å². The summed E-state index contributed by atoms with van der Waals surface area (Å²) >= 11 is 11.7. The van der Waals surface area contributed by atoms with Crippen molar-refractivity contribution in [2.24, 2.45) is 0 Å². The van der Waals surface area contributed by atoms with Crippen LogP contribution in [-0.2, 0) is 19.1 Å². The molecule has 0 atom stereocenters. The molecule has 0 aliphatic carbocycles. The van der Waals surface area contributed by atoms with E-state index < -0.39 is 17.8 Å². The molecule has 0 aromatic heterocycles. The number of likely N-dealkylation sites (N-methyl/N-ethyl adjacent to an activating group) is 1. The number of nitrogens with one attached hydrogen (secondary N) is 1. The molecule has 1 aromatic carbocycles. The molecule has 0 aliphatic heterocycles. The zero-order valence-corrected chi connectivity index (χ0v) is 15.1. The lowest BCUT2D eigenvalue weighted by Gasteiger charge is -2.17. The number of benzene rings is 1.